The standard InChI is InChI=1S/C14H19N3S/c15-14(18)12-5-6-13(16-7-12)17(8-10-1-2-10)9-11-3-4-11/h5-7,10-11H,1-4,8-9H2,(H2,15,18). The van der Waals surface area contributed by atoms with E-state index >= 15 is 0 Å². The molecular formula is C14H19N3S. The number of pyridine rings is 1. The Morgan fingerprint density at radius 3 is 2.22 bits per heavy atom. The molecule has 4 heteroatoms. The molecule has 96 valence electrons. The van der Waals surface area contributed by atoms with Crippen LogP contribution < -0.4 is 10.6 Å². The van der Waals surface area contributed by atoms with Crippen LogP contribution >= 0.6 is 12.2 Å². The molecule has 2 N–H and O–H groups in total. The zero-order valence-corrected chi connectivity index (χ0v) is 11.3. The molecule has 0 spiro atoms. The van der Waals surface area contributed by atoms with E-state index in [9.17, 15) is 0 Å². The van der Waals surface area contributed by atoms with Crippen molar-refractivity contribution >= 4 is 23.0 Å². The number of nitrogens with two attached hydrogens (primary N) is 1. The zero-order chi connectivity index (χ0) is 12.5. The summed E-state index contributed by atoms with van der Waals surface area (Å²) < 4.78 is 0. The van der Waals surface area contributed by atoms with Crippen molar-refractivity contribution < 1.29 is 0 Å². The van der Waals surface area contributed by atoms with Gasteiger partial charge >= 0.3 is 0 Å². The number of anilines is 1. The lowest BCUT2D eigenvalue weighted by Crippen LogP contribution is -2.29. The summed E-state index contributed by atoms with van der Waals surface area (Å²) in [6.07, 6.45) is 7.32. The number of hydrogen-bond donors (Lipinski definition) is 1. The van der Waals surface area contributed by atoms with Crippen LogP contribution in [0.4, 0.5) is 5.82 Å². The minimum atomic E-state index is 0.421. The van der Waals surface area contributed by atoms with Crippen LogP contribution in [-0.2, 0) is 0 Å². The summed E-state index contributed by atoms with van der Waals surface area (Å²) in [5, 5.41) is 0. The van der Waals surface area contributed by atoms with Gasteiger partial charge in [-0.25, -0.2) is 4.98 Å². The van der Waals surface area contributed by atoms with Gasteiger partial charge in [-0.2, -0.15) is 0 Å². The highest BCUT2D eigenvalue weighted by atomic mass is 32.1. The third-order valence-corrected chi connectivity index (χ3v) is 3.94. The predicted octanol–water partition coefficient (Wildman–Crippen LogP) is 2.34. The Balaban J connectivity index is 1.72. The summed E-state index contributed by atoms with van der Waals surface area (Å²) in [6, 6.07) is 4.04. The molecule has 1 heterocycles. The summed E-state index contributed by atoms with van der Waals surface area (Å²) >= 11 is 4.96. The minimum Gasteiger partial charge on any atom is -0.389 e. The van der Waals surface area contributed by atoms with Gasteiger partial charge in [-0.05, 0) is 49.7 Å². The highest BCUT2D eigenvalue weighted by Crippen LogP contribution is 2.35. The first-order valence-electron chi connectivity index (χ1n) is 6.73. The Kier molecular flexibility index (Phi) is 3.20. The van der Waals surface area contributed by atoms with E-state index in [1.165, 1.54) is 25.7 Å². The van der Waals surface area contributed by atoms with Crippen molar-refractivity contribution in [3.8, 4) is 0 Å². The second kappa shape index (κ2) is 4.84. The fourth-order valence-corrected chi connectivity index (χ4v) is 2.33. The van der Waals surface area contributed by atoms with Crippen molar-refractivity contribution in [3.05, 3.63) is 23.9 Å². The minimum absolute atomic E-state index is 0.421. The van der Waals surface area contributed by atoms with Crippen LogP contribution in [0.1, 0.15) is 31.2 Å². The molecule has 0 amide bonds. The van der Waals surface area contributed by atoms with Gasteiger partial charge in [0, 0.05) is 24.8 Å². The van der Waals surface area contributed by atoms with Gasteiger partial charge in [0.1, 0.15) is 10.8 Å². The van der Waals surface area contributed by atoms with E-state index in [4.69, 9.17) is 18.0 Å². The third-order valence-electron chi connectivity index (χ3n) is 3.71. The fraction of sp³-hybridized carbons (Fsp3) is 0.571. The second-order valence-corrected chi connectivity index (χ2v) is 6.00. The maximum Gasteiger partial charge on any atom is 0.128 e. The maximum atomic E-state index is 5.60. The van der Waals surface area contributed by atoms with Crippen LogP contribution in [-0.4, -0.2) is 23.1 Å². The highest BCUT2D eigenvalue weighted by molar-refractivity contribution is 7.80. The number of rotatable bonds is 6. The van der Waals surface area contributed by atoms with Crippen LogP contribution in [0.2, 0.25) is 0 Å². The van der Waals surface area contributed by atoms with Gasteiger partial charge in [-0.15, -0.1) is 0 Å². The molecule has 2 aliphatic rings. The van der Waals surface area contributed by atoms with E-state index < -0.39 is 0 Å². The Hall–Kier alpha value is -1.16. The monoisotopic (exact) mass is 261 g/mol. The van der Waals surface area contributed by atoms with Crippen molar-refractivity contribution in [2.24, 2.45) is 17.6 Å². The molecule has 1 aromatic heterocycles. The van der Waals surface area contributed by atoms with E-state index in [1.807, 2.05) is 6.07 Å². The molecular weight excluding hydrogens is 242 g/mol. The first-order valence-corrected chi connectivity index (χ1v) is 7.14. The molecule has 0 saturated heterocycles. The SMILES string of the molecule is NC(=S)c1ccc(N(CC2CC2)CC2CC2)nc1. The zero-order valence-electron chi connectivity index (χ0n) is 10.5. The largest absolute Gasteiger partial charge is 0.389 e. The van der Waals surface area contributed by atoms with E-state index in [0.29, 0.717) is 4.99 Å². The Morgan fingerprint density at radius 1 is 1.22 bits per heavy atom. The molecule has 18 heavy (non-hydrogen) atoms. The number of hydrogen-bond acceptors (Lipinski definition) is 3. The normalized spacial score (nSPS) is 18.7. The fourth-order valence-electron chi connectivity index (χ4n) is 2.20. The van der Waals surface area contributed by atoms with Gasteiger partial charge in [0.15, 0.2) is 0 Å². The van der Waals surface area contributed by atoms with Crippen LogP contribution in [0.3, 0.4) is 0 Å². The van der Waals surface area contributed by atoms with Gasteiger partial charge < -0.3 is 10.6 Å². The lowest BCUT2D eigenvalue weighted by molar-refractivity contribution is 0.671. The smallest absolute Gasteiger partial charge is 0.128 e. The van der Waals surface area contributed by atoms with Crippen LogP contribution in [0.5, 0.6) is 0 Å². The number of aromatic nitrogens is 1. The van der Waals surface area contributed by atoms with Crippen molar-refractivity contribution in [1.29, 1.82) is 0 Å². The molecule has 0 aromatic carbocycles. The van der Waals surface area contributed by atoms with E-state index in [0.717, 1.165) is 36.3 Å². The maximum absolute atomic E-state index is 5.60. The molecule has 0 atom stereocenters. The van der Waals surface area contributed by atoms with Crippen molar-refractivity contribution in [1.82, 2.24) is 4.98 Å². The van der Waals surface area contributed by atoms with Crippen LogP contribution in [0.15, 0.2) is 18.3 Å². The molecule has 3 nitrogen and oxygen atoms in total. The Labute approximate surface area is 113 Å². The molecule has 0 radical (unpaired) electrons. The molecule has 3 rings (SSSR count). The van der Waals surface area contributed by atoms with E-state index in [1.54, 1.807) is 6.20 Å². The average Bonchev–Trinajstić information content (AvgIpc) is 3.23. The Morgan fingerprint density at radius 2 is 1.83 bits per heavy atom. The third kappa shape index (κ3) is 2.99. The Bertz CT molecular complexity index is 421. The lowest BCUT2D eigenvalue weighted by atomic mass is 10.2. The summed E-state index contributed by atoms with van der Waals surface area (Å²) in [5.74, 6) is 2.86. The first kappa shape index (κ1) is 11.9. The molecule has 2 aliphatic carbocycles. The van der Waals surface area contributed by atoms with E-state index in [2.05, 4.69) is 16.0 Å². The quantitative estimate of drug-likeness (QED) is 0.798. The van der Waals surface area contributed by atoms with Crippen LogP contribution in [0.25, 0.3) is 0 Å². The predicted molar refractivity (Wildman–Crippen MR) is 77.8 cm³/mol. The van der Waals surface area contributed by atoms with Crippen molar-refractivity contribution in [3.63, 3.8) is 0 Å². The highest BCUT2D eigenvalue weighted by Gasteiger charge is 2.29. The summed E-state index contributed by atoms with van der Waals surface area (Å²) in [5.41, 5.74) is 6.45. The lowest BCUT2D eigenvalue weighted by Gasteiger charge is -2.23. The van der Waals surface area contributed by atoms with Crippen LogP contribution in [0, 0.1) is 11.8 Å². The molecule has 2 fully saturated rings. The molecule has 2 saturated carbocycles. The first-order chi connectivity index (χ1) is 8.72. The summed E-state index contributed by atoms with van der Waals surface area (Å²) in [6.45, 7) is 2.33. The summed E-state index contributed by atoms with van der Waals surface area (Å²) in [4.78, 5) is 7.38. The number of nitrogens with zero attached hydrogens (tertiary/aromatic N) is 2. The molecule has 0 unspecified atom stereocenters. The van der Waals surface area contributed by atoms with Gasteiger partial charge in [0.05, 0.1) is 0 Å². The van der Waals surface area contributed by atoms with Gasteiger partial charge in [-0.1, -0.05) is 12.2 Å². The summed E-state index contributed by atoms with van der Waals surface area (Å²) in [7, 11) is 0. The van der Waals surface area contributed by atoms with Gasteiger partial charge in [0.25, 0.3) is 0 Å². The average molecular weight is 261 g/mol. The van der Waals surface area contributed by atoms with Gasteiger partial charge in [0.2, 0.25) is 0 Å². The van der Waals surface area contributed by atoms with Gasteiger partial charge in [-0.3, -0.25) is 0 Å². The van der Waals surface area contributed by atoms with E-state index in [-0.39, 0.29) is 0 Å². The van der Waals surface area contributed by atoms with Crippen molar-refractivity contribution in [2.45, 2.75) is 25.7 Å². The molecule has 1 aromatic rings. The molecule has 0 aliphatic heterocycles. The number of thiocarbonyl (C=S) groups is 1. The topological polar surface area (TPSA) is 42.1 Å². The molecule has 0 bridgehead atoms. The van der Waals surface area contributed by atoms with Crippen molar-refractivity contribution in [2.75, 3.05) is 18.0 Å². The second-order valence-electron chi connectivity index (χ2n) is 5.56.